The Morgan fingerprint density at radius 1 is 1.00 bits per heavy atom. The Balaban J connectivity index is 1.88. The van der Waals surface area contributed by atoms with Crippen molar-refractivity contribution < 1.29 is 0 Å². The fourth-order valence-electron chi connectivity index (χ4n) is 3.26. The first-order valence-electron chi connectivity index (χ1n) is 9.46. The highest BCUT2D eigenvalue weighted by molar-refractivity contribution is 5.94. The van der Waals surface area contributed by atoms with Crippen LogP contribution in [0.5, 0.6) is 0 Å². The van der Waals surface area contributed by atoms with Gasteiger partial charge < -0.3 is 5.32 Å². The van der Waals surface area contributed by atoms with Crippen molar-refractivity contribution in [3.63, 3.8) is 0 Å². The molecular formula is C24H22N4. The van der Waals surface area contributed by atoms with Crippen molar-refractivity contribution in [3.8, 4) is 22.9 Å². The zero-order valence-corrected chi connectivity index (χ0v) is 16.1. The van der Waals surface area contributed by atoms with Gasteiger partial charge in [-0.15, -0.1) is 0 Å². The van der Waals surface area contributed by atoms with Gasteiger partial charge in [0.25, 0.3) is 0 Å². The van der Waals surface area contributed by atoms with Crippen LogP contribution in [0.1, 0.15) is 19.4 Å². The molecule has 3 aromatic carbocycles. The number of rotatable bonds is 5. The van der Waals surface area contributed by atoms with E-state index in [9.17, 15) is 0 Å². The molecule has 0 unspecified atom stereocenters. The van der Waals surface area contributed by atoms with Gasteiger partial charge in [0.15, 0.2) is 0 Å². The zero-order valence-electron chi connectivity index (χ0n) is 16.1. The van der Waals surface area contributed by atoms with E-state index in [1.807, 2.05) is 36.7 Å². The number of hydrogen-bond acceptors (Lipinski definition) is 3. The minimum Gasteiger partial charge on any atom is -0.383 e. The van der Waals surface area contributed by atoms with E-state index in [1.165, 1.54) is 5.56 Å². The predicted octanol–water partition coefficient (Wildman–Crippen LogP) is 5.63. The maximum Gasteiger partial charge on any atom is 0.112 e. The maximum absolute atomic E-state index is 9.06. The Hall–Kier alpha value is -3.58. The van der Waals surface area contributed by atoms with Crippen molar-refractivity contribution in [2.24, 2.45) is 5.92 Å². The summed E-state index contributed by atoms with van der Waals surface area (Å²) in [5.41, 5.74) is 6.98. The second-order valence-corrected chi connectivity index (χ2v) is 7.31. The summed E-state index contributed by atoms with van der Waals surface area (Å²) in [4.78, 5) is 4.69. The molecule has 0 spiro atoms. The summed E-state index contributed by atoms with van der Waals surface area (Å²) < 4.78 is 2.07. The smallest absolute Gasteiger partial charge is 0.112 e. The van der Waals surface area contributed by atoms with Crippen molar-refractivity contribution in [2.75, 3.05) is 11.9 Å². The minimum atomic E-state index is 0.538. The first kappa shape index (κ1) is 17.8. The van der Waals surface area contributed by atoms with Crippen LogP contribution in [0.25, 0.3) is 27.8 Å². The van der Waals surface area contributed by atoms with Gasteiger partial charge in [-0.2, -0.15) is 5.26 Å². The first-order valence-corrected chi connectivity index (χ1v) is 9.46. The normalized spacial score (nSPS) is 10.9. The third-order valence-corrected chi connectivity index (χ3v) is 4.73. The van der Waals surface area contributed by atoms with Gasteiger partial charge in [-0.1, -0.05) is 44.2 Å². The van der Waals surface area contributed by atoms with E-state index in [-0.39, 0.29) is 0 Å². The molecule has 0 fully saturated rings. The second kappa shape index (κ2) is 7.58. The summed E-state index contributed by atoms with van der Waals surface area (Å²) in [5, 5.41) is 12.6. The lowest BCUT2D eigenvalue weighted by Crippen LogP contribution is -2.08. The Morgan fingerprint density at radius 2 is 1.75 bits per heavy atom. The fraction of sp³-hybridized carbons (Fsp3) is 0.167. The van der Waals surface area contributed by atoms with Gasteiger partial charge in [0.2, 0.25) is 0 Å². The van der Waals surface area contributed by atoms with Gasteiger partial charge in [-0.3, -0.25) is 4.57 Å². The molecule has 4 heteroatoms. The van der Waals surface area contributed by atoms with Crippen molar-refractivity contribution in [3.05, 3.63) is 78.6 Å². The number of imidazole rings is 1. The molecule has 0 saturated heterocycles. The highest BCUT2D eigenvalue weighted by Gasteiger charge is 2.12. The van der Waals surface area contributed by atoms with Crippen LogP contribution in [0.2, 0.25) is 0 Å². The third-order valence-electron chi connectivity index (χ3n) is 4.73. The van der Waals surface area contributed by atoms with Crippen LogP contribution in [-0.4, -0.2) is 16.1 Å². The number of nitrogens with one attached hydrogen (secondary N) is 1. The van der Waals surface area contributed by atoms with Gasteiger partial charge in [0.05, 0.1) is 22.8 Å². The summed E-state index contributed by atoms with van der Waals surface area (Å²) in [6.45, 7) is 5.28. The summed E-state index contributed by atoms with van der Waals surface area (Å²) in [6.07, 6.45) is 1.85. The van der Waals surface area contributed by atoms with Gasteiger partial charge >= 0.3 is 0 Å². The zero-order chi connectivity index (χ0) is 19.5. The lowest BCUT2D eigenvalue weighted by Gasteiger charge is -2.13. The van der Waals surface area contributed by atoms with E-state index in [0.29, 0.717) is 11.5 Å². The number of nitrogens with zero attached hydrogens (tertiary/aromatic N) is 3. The Kier molecular flexibility index (Phi) is 4.82. The summed E-state index contributed by atoms with van der Waals surface area (Å²) in [6, 6.07) is 24.5. The van der Waals surface area contributed by atoms with Crippen LogP contribution >= 0.6 is 0 Å². The van der Waals surface area contributed by atoms with Crippen molar-refractivity contribution in [1.82, 2.24) is 9.55 Å². The van der Waals surface area contributed by atoms with Crippen molar-refractivity contribution in [1.29, 1.82) is 5.26 Å². The van der Waals surface area contributed by atoms with E-state index in [1.54, 1.807) is 0 Å². The molecule has 1 N–H and O–H groups in total. The average Bonchev–Trinajstić information content (AvgIpc) is 3.16. The van der Waals surface area contributed by atoms with Crippen LogP contribution in [-0.2, 0) is 0 Å². The van der Waals surface area contributed by atoms with E-state index >= 15 is 0 Å². The highest BCUT2D eigenvalue weighted by Crippen LogP contribution is 2.32. The molecule has 0 bridgehead atoms. The van der Waals surface area contributed by atoms with Gasteiger partial charge in [0.1, 0.15) is 11.8 Å². The molecule has 0 aliphatic carbocycles. The molecule has 4 nitrogen and oxygen atoms in total. The van der Waals surface area contributed by atoms with Crippen LogP contribution in [0, 0.1) is 17.2 Å². The number of hydrogen-bond donors (Lipinski definition) is 1. The van der Waals surface area contributed by atoms with Gasteiger partial charge in [-0.05, 0) is 53.4 Å². The lowest BCUT2D eigenvalue weighted by atomic mass is 10.0. The van der Waals surface area contributed by atoms with E-state index in [2.05, 4.69) is 71.2 Å². The van der Waals surface area contributed by atoms with Crippen LogP contribution in [0.3, 0.4) is 0 Å². The van der Waals surface area contributed by atoms with Crippen LogP contribution in [0.4, 0.5) is 5.69 Å². The minimum absolute atomic E-state index is 0.538. The fourth-order valence-corrected chi connectivity index (χ4v) is 3.26. The molecule has 138 valence electrons. The summed E-state index contributed by atoms with van der Waals surface area (Å²) in [5.74, 6) is 0.538. The van der Waals surface area contributed by atoms with Crippen LogP contribution in [0.15, 0.2) is 73.1 Å². The van der Waals surface area contributed by atoms with Crippen LogP contribution < -0.4 is 5.32 Å². The number of fused-ring (bicyclic) bond motifs is 1. The number of aromatic nitrogens is 2. The molecule has 0 aliphatic rings. The molecule has 0 atom stereocenters. The SMILES string of the molecule is CC(C)CNc1cc(-c2ccccc2)cc2c1ncn2-c1ccc(C#N)cc1. The molecule has 0 aliphatic heterocycles. The monoisotopic (exact) mass is 366 g/mol. The van der Waals surface area contributed by atoms with E-state index in [0.717, 1.165) is 34.5 Å². The highest BCUT2D eigenvalue weighted by atomic mass is 15.1. The standard InChI is InChI=1S/C24H22N4/c1-17(2)15-26-22-12-20(19-6-4-3-5-7-19)13-23-24(22)27-16-28(23)21-10-8-18(14-25)9-11-21/h3-13,16-17,26H,15H2,1-2H3. The molecular weight excluding hydrogens is 344 g/mol. The van der Waals surface area contributed by atoms with E-state index in [4.69, 9.17) is 5.26 Å². The molecule has 0 amide bonds. The molecule has 4 rings (SSSR count). The van der Waals surface area contributed by atoms with Gasteiger partial charge in [0, 0.05) is 12.2 Å². The van der Waals surface area contributed by atoms with Crippen molar-refractivity contribution in [2.45, 2.75) is 13.8 Å². The van der Waals surface area contributed by atoms with Crippen molar-refractivity contribution >= 4 is 16.7 Å². The third kappa shape index (κ3) is 3.47. The lowest BCUT2D eigenvalue weighted by molar-refractivity contribution is 0.689. The number of benzene rings is 3. The molecule has 1 heterocycles. The second-order valence-electron chi connectivity index (χ2n) is 7.31. The molecule has 28 heavy (non-hydrogen) atoms. The maximum atomic E-state index is 9.06. The Labute approximate surface area is 165 Å². The number of anilines is 1. The molecule has 1 aromatic heterocycles. The van der Waals surface area contributed by atoms with E-state index < -0.39 is 0 Å². The van der Waals surface area contributed by atoms with Gasteiger partial charge in [-0.25, -0.2) is 4.98 Å². The summed E-state index contributed by atoms with van der Waals surface area (Å²) >= 11 is 0. The largest absolute Gasteiger partial charge is 0.383 e. The Morgan fingerprint density at radius 3 is 2.43 bits per heavy atom. The predicted molar refractivity (Wildman–Crippen MR) is 115 cm³/mol. The molecule has 0 radical (unpaired) electrons. The quantitative estimate of drug-likeness (QED) is 0.498. The first-order chi connectivity index (χ1) is 13.7. The average molecular weight is 366 g/mol. The number of nitriles is 1. The molecule has 0 saturated carbocycles. The topological polar surface area (TPSA) is 53.6 Å². The molecule has 4 aromatic rings. The Bertz CT molecular complexity index is 1130. The summed E-state index contributed by atoms with van der Waals surface area (Å²) in [7, 11) is 0.